The topological polar surface area (TPSA) is 78.7 Å². The van der Waals surface area contributed by atoms with Crippen molar-refractivity contribution in [1.29, 1.82) is 0 Å². The van der Waals surface area contributed by atoms with Crippen LogP contribution in [0.3, 0.4) is 0 Å². The summed E-state index contributed by atoms with van der Waals surface area (Å²) in [6.07, 6.45) is 2.54. The largest absolute Gasteiger partial charge is 0.459 e. The van der Waals surface area contributed by atoms with Crippen LogP contribution in [0.25, 0.3) is 0 Å². The predicted molar refractivity (Wildman–Crippen MR) is 113 cm³/mol. The summed E-state index contributed by atoms with van der Waals surface area (Å²) in [4.78, 5) is 17.3. The standard InChI is InChI=1S/C17H24N4O2S.HI/c1-13(11-14-5-4-10-24-14)12-21-17(18-2)20-8-7-19-16(22)15-6-3-9-23-15;/h3-6,9-10,13H,7-8,11-12H2,1-2H3,(H,19,22)(H2,18,20,21);1H. The number of hydrogen-bond acceptors (Lipinski definition) is 4. The zero-order valence-electron chi connectivity index (χ0n) is 14.5. The zero-order valence-corrected chi connectivity index (χ0v) is 17.6. The van der Waals surface area contributed by atoms with Crippen molar-refractivity contribution in [3.63, 3.8) is 0 Å². The molecule has 0 aliphatic rings. The highest BCUT2D eigenvalue weighted by Crippen LogP contribution is 2.13. The molecule has 6 nitrogen and oxygen atoms in total. The lowest BCUT2D eigenvalue weighted by atomic mass is 10.1. The van der Waals surface area contributed by atoms with E-state index in [2.05, 4.69) is 45.4 Å². The van der Waals surface area contributed by atoms with E-state index in [4.69, 9.17) is 4.42 Å². The normalized spacial score (nSPS) is 12.2. The van der Waals surface area contributed by atoms with Crippen LogP contribution < -0.4 is 16.0 Å². The Balaban J connectivity index is 0.00000312. The smallest absolute Gasteiger partial charge is 0.287 e. The molecule has 2 rings (SSSR count). The van der Waals surface area contributed by atoms with Gasteiger partial charge in [-0.25, -0.2) is 0 Å². The molecule has 0 spiro atoms. The third kappa shape index (κ3) is 7.91. The monoisotopic (exact) mass is 476 g/mol. The molecule has 8 heteroatoms. The number of carbonyl (C=O) groups excluding carboxylic acids is 1. The molecule has 0 bridgehead atoms. The third-order valence-corrected chi connectivity index (χ3v) is 4.32. The van der Waals surface area contributed by atoms with E-state index >= 15 is 0 Å². The molecule has 1 amide bonds. The van der Waals surface area contributed by atoms with Crippen LogP contribution in [0.5, 0.6) is 0 Å². The van der Waals surface area contributed by atoms with Crippen LogP contribution in [0.4, 0.5) is 0 Å². The molecule has 0 saturated carbocycles. The van der Waals surface area contributed by atoms with Crippen LogP contribution in [0.1, 0.15) is 22.4 Å². The molecular formula is C17H25IN4O2S. The Morgan fingerprint density at radius 2 is 2.04 bits per heavy atom. The van der Waals surface area contributed by atoms with Gasteiger partial charge in [0.25, 0.3) is 5.91 Å². The van der Waals surface area contributed by atoms with Gasteiger partial charge in [-0.1, -0.05) is 13.0 Å². The minimum absolute atomic E-state index is 0. The number of furan rings is 1. The SMILES string of the molecule is CN=C(NCCNC(=O)c1ccco1)NCC(C)Cc1cccs1.I. The van der Waals surface area contributed by atoms with Crippen molar-refractivity contribution in [2.45, 2.75) is 13.3 Å². The summed E-state index contributed by atoms with van der Waals surface area (Å²) in [5.74, 6) is 1.36. The van der Waals surface area contributed by atoms with Gasteiger partial charge in [0.1, 0.15) is 0 Å². The van der Waals surface area contributed by atoms with Crippen LogP contribution in [-0.2, 0) is 6.42 Å². The average molecular weight is 476 g/mol. The maximum absolute atomic E-state index is 11.7. The van der Waals surface area contributed by atoms with E-state index in [1.165, 1.54) is 11.1 Å². The third-order valence-electron chi connectivity index (χ3n) is 3.42. The van der Waals surface area contributed by atoms with Gasteiger partial charge in [-0.15, -0.1) is 35.3 Å². The van der Waals surface area contributed by atoms with E-state index in [0.29, 0.717) is 24.8 Å². The van der Waals surface area contributed by atoms with Gasteiger partial charge in [0.15, 0.2) is 11.7 Å². The molecule has 3 N–H and O–H groups in total. The van der Waals surface area contributed by atoms with Gasteiger partial charge in [-0.2, -0.15) is 0 Å². The summed E-state index contributed by atoms with van der Waals surface area (Å²) in [7, 11) is 1.74. The first-order chi connectivity index (χ1) is 11.7. The quantitative estimate of drug-likeness (QED) is 0.237. The molecule has 2 aromatic rings. The summed E-state index contributed by atoms with van der Waals surface area (Å²) in [5.41, 5.74) is 0. The molecule has 0 aromatic carbocycles. The van der Waals surface area contributed by atoms with Crippen LogP contribution in [0, 0.1) is 5.92 Å². The van der Waals surface area contributed by atoms with Crippen molar-refractivity contribution in [1.82, 2.24) is 16.0 Å². The zero-order chi connectivity index (χ0) is 17.2. The molecule has 2 aromatic heterocycles. The Bertz CT molecular complexity index is 629. The fraction of sp³-hybridized carbons (Fsp3) is 0.412. The molecular weight excluding hydrogens is 451 g/mol. The van der Waals surface area contributed by atoms with Gasteiger partial charge >= 0.3 is 0 Å². The number of carbonyl (C=O) groups is 1. The van der Waals surface area contributed by atoms with Gasteiger partial charge < -0.3 is 20.4 Å². The first-order valence-electron chi connectivity index (χ1n) is 7.97. The molecule has 0 fully saturated rings. The minimum Gasteiger partial charge on any atom is -0.459 e. The molecule has 138 valence electrons. The summed E-state index contributed by atoms with van der Waals surface area (Å²) < 4.78 is 5.03. The van der Waals surface area contributed by atoms with Gasteiger partial charge in [-0.05, 0) is 35.9 Å². The Hall–Kier alpha value is -1.55. The van der Waals surface area contributed by atoms with E-state index in [1.54, 1.807) is 30.5 Å². The fourth-order valence-electron chi connectivity index (χ4n) is 2.19. The van der Waals surface area contributed by atoms with Crippen molar-refractivity contribution in [2.75, 3.05) is 26.7 Å². The van der Waals surface area contributed by atoms with Crippen molar-refractivity contribution in [3.05, 3.63) is 46.5 Å². The molecule has 2 heterocycles. The lowest BCUT2D eigenvalue weighted by Gasteiger charge is -2.15. The Kier molecular flexibility index (Phi) is 10.2. The van der Waals surface area contributed by atoms with Crippen LogP contribution in [-0.4, -0.2) is 38.5 Å². The summed E-state index contributed by atoms with van der Waals surface area (Å²) in [5, 5.41) is 11.4. The second-order valence-electron chi connectivity index (χ2n) is 5.50. The van der Waals surface area contributed by atoms with E-state index in [-0.39, 0.29) is 29.9 Å². The van der Waals surface area contributed by atoms with Gasteiger partial charge in [0.05, 0.1) is 6.26 Å². The Morgan fingerprint density at radius 1 is 1.24 bits per heavy atom. The van der Waals surface area contributed by atoms with Gasteiger partial charge in [0.2, 0.25) is 0 Å². The molecule has 0 radical (unpaired) electrons. The Morgan fingerprint density at radius 3 is 2.68 bits per heavy atom. The van der Waals surface area contributed by atoms with Crippen molar-refractivity contribution in [3.8, 4) is 0 Å². The number of nitrogens with one attached hydrogen (secondary N) is 3. The Labute approximate surface area is 169 Å². The first-order valence-corrected chi connectivity index (χ1v) is 8.85. The second kappa shape index (κ2) is 11.9. The molecule has 0 saturated heterocycles. The first kappa shape index (κ1) is 21.5. The fourth-order valence-corrected chi connectivity index (χ4v) is 3.06. The maximum Gasteiger partial charge on any atom is 0.287 e. The lowest BCUT2D eigenvalue weighted by molar-refractivity contribution is 0.0926. The molecule has 0 aliphatic carbocycles. The summed E-state index contributed by atoms with van der Waals surface area (Å²) in [6.45, 7) is 4.14. The van der Waals surface area contributed by atoms with Crippen LogP contribution in [0.15, 0.2) is 45.3 Å². The van der Waals surface area contributed by atoms with Crippen molar-refractivity contribution in [2.24, 2.45) is 10.9 Å². The number of amides is 1. The van der Waals surface area contributed by atoms with E-state index in [0.717, 1.165) is 18.9 Å². The van der Waals surface area contributed by atoms with E-state index < -0.39 is 0 Å². The summed E-state index contributed by atoms with van der Waals surface area (Å²) in [6, 6.07) is 7.57. The highest BCUT2D eigenvalue weighted by atomic mass is 127. The molecule has 25 heavy (non-hydrogen) atoms. The van der Waals surface area contributed by atoms with Gasteiger partial charge in [0, 0.05) is 31.6 Å². The highest BCUT2D eigenvalue weighted by Gasteiger charge is 2.08. The average Bonchev–Trinajstić information content (AvgIpc) is 3.27. The molecule has 1 unspecified atom stereocenters. The number of aliphatic imine (C=N–C) groups is 1. The number of rotatable bonds is 8. The highest BCUT2D eigenvalue weighted by molar-refractivity contribution is 14.0. The van der Waals surface area contributed by atoms with Gasteiger partial charge in [-0.3, -0.25) is 9.79 Å². The minimum atomic E-state index is -0.214. The predicted octanol–water partition coefficient (Wildman–Crippen LogP) is 2.73. The van der Waals surface area contributed by atoms with E-state index in [1.807, 2.05) is 0 Å². The van der Waals surface area contributed by atoms with Crippen LogP contribution in [0.2, 0.25) is 0 Å². The number of halogens is 1. The van der Waals surface area contributed by atoms with Crippen molar-refractivity contribution < 1.29 is 9.21 Å². The second-order valence-corrected chi connectivity index (χ2v) is 6.53. The number of hydrogen-bond donors (Lipinski definition) is 3. The van der Waals surface area contributed by atoms with Crippen molar-refractivity contribution >= 4 is 47.2 Å². The molecule has 0 aliphatic heterocycles. The maximum atomic E-state index is 11.7. The number of thiophene rings is 1. The van der Waals surface area contributed by atoms with Crippen LogP contribution >= 0.6 is 35.3 Å². The number of nitrogens with zero attached hydrogens (tertiary/aromatic N) is 1. The lowest BCUT2D eigenvalue weighted by Crippen LogP contribution is -2.43. The van der Waals surface area contributed by atoms with E-state index in [9.17, 15) is 4.79 Å². The summed E-state index contributed by atoms with van der Waals surface area (Å²) >= 11 is 1.79. The molecule has 1 atom stereocenters. The number of guanidine groups is 1.